The first-order chi connectivity index (χ1) is 7.25. The van der Waals surface area contributed by atoms with Gasteiger partial charge in [-0.25, -0.2) is 0 Å². The largest absolute Gasteiger partial charge is 0.355 e. The minimum Gasteiger partial charge on any atom is -0.355 e. The fourth-order valence-electron chi connectivity index (χ4n) is 1.44. The average molecular weight is 225 g/mol. The van der Waals surface area contributed by atoms with Gasteiger partial charge < -0.3 is 10.6 Å². The zero-order chi connectivity index (χ0) is 10.7. The van der Waals surface area contributed by atoms with Gasteiger partial charge in [0.15, 0.2) is 0 Å². The molecule has 1 aromatic heterocycles. The third kappa shape index (κ3) is 2.53. The molecule has 5 nitrogen and oxygen atoms in total. The van der Waals surface area contributed by atoms with Gasteiger partial charge in [0.1, 0.15) is 0 Å². The van der Waals surface area contributed by atoms with Gasteiger partial charge in [0.25, 0.3) is 0 Å². The van der Waals surface area contributed by atoms with E-state index >= 15 is 0 Å². The van der Waals surface area contributed by atoms with Crippen molar-refractivity contribution in [1.29, 1.82) is 0 Å². The molecule has 1 aliphatic rings. The van der Waals surface area contributed by atoms with Crippen LogP contribution < -0.4 is 10.6 Å². The first-order valence-electron chi connectivity index (χ1n) is 4.67. The second-order valence-corrected chi connectivity index (χ2v) is 4.36. The van der Waals surface area contributed by atoms with E-state index in [9.17, 15) is 9.59 Å². The highest BCUT2D eigenvalue weighted by Crippen LogP contribution is 2.10. The Bertz CT molecular complexity index is 363. The van der Waals surface area contributed by atoms with Crippen LogP contribution in [0.15, 0.2) is 11.7 Å². The molecule has 2 heterocycles. The summed E-state index contributed by atoms with van der Waals surface area (Å²) >= 11 is 1.50. The van der Waals surface area contributed by atoms with Crippen LogP contribution in [0.3, 0.4) is 0 Å². The topological polar surface area (TPSA) is 71.1 Å². The minimum atomic E-state index is -0.217. The molecule has 1 saturated heterocycles. The molecule has 1 aromatic rings. The van der Waals surface area contributed by atoms with E-state index in [4.69, 9.17) is 0 Å². The van der Waals surface area contributed by atoms with Gasteiger partial charge >= 0.3 is 0 Å². The molecular weight excluding hydrogens is 214 g/mol. The molecule has 6 heteroatoms. The molecule has 1 aliphatic heterocycles. The predicted octanol–water partition coefficient (Wildman–Crippen LogP) is -0.105. The van der Waals surface area contributed by atoms with Gasteiger partial charge in [0, 0.05) is 24.0 Å². The Labute approximate surface area is 90.9 Å². The Morgan fingerprint density at radius 3 is 3.20 bits per heavy atom. The average Bonchev–Trinajstić information content (AvgIpc) is 2.84. The SMILES string of the molecule is O=C1CC(C(=O)NCc2cncs2)CN1. The number of carbonyl (C=O) groups is 2. The summed E-state index contributed by atoms with van der Waals surface area (Å²) in [7, 11) is 0. The molecular formula is C9H11N3O2S. The van der Waals surface area contributed by atoms with Crippen LogP contribution in [0, 0.1) is 5.92 Å². The lowest BCUT2D eigenvalue weighted by molar-refractivity contribution is -0.126. The van der Waals surface area contributed by atoms with Crippen molar-refractivity contribution in [3.8, 4) is 0 Å². The summed E-state index contributed by atoms with van der Waals surface area (Å²) < 4.78 is 0. The van der Waals surface area contributed by atoms with Gasteiger partial charge in [-0.1, -0.05) is 0 Å². The van der Waals surface area contributed by atoms with Crippen molar-refractivity contribution < 1.29 is 9.59 Å². The Balaban J connectivity index is 1.80. The molecule has 1 unspecified atom stereocenters. The summed E-state index contributed by atoms with van der Waals surface area (Å²) in [5, 5.41) is 5.42. The van der Waals surface area contributed by atoms with Crippen LogP contribution in [0.5, 0.6) is 0 Å². The molecule has 2 rings (SSSR count). The summed E-state index contributed by atoms with van der Waals surface area (Å²) in [6, 6.07) is 0. The Kier molecular flexibility index (Phi) is 2.96. The Morgan fingerprint density at radius 2 is 2.60 bits per heavy atom. The zero-order valence-corrected chi connectivity index (χ0v) is 8.84. The number of thiazole rings is 1. The molecule has 1 atom stereocenters. The summed E-state index contributed by atoms with van der Waals surface area (Å²) in [6.45, 7) is 0.946. The molecule has 15 heavy (non-hydrogen) atoms. The van der Waals surface area contributed by atoms with Crippen molar-refractivity contribution >= 4 is 23.2 Å². The Morgan fingerprint density at radius 1 is 1.73 bits per heavy atom. The van der Waals surface area contributed by atoms with Gasteiger partial charge in [0.05, 0.1) is 18.0 Å². The lowest BCUT2D eigenvalue weighted by Crippen LogP contribution is -2.31. The number of carbonyl (C=O) groups excluding carboxylic acids is 2. The van der Waals surface area contributed by atoms with Crippen molar-refractivity contribution in [2.45, 2.75) is 13.0 Å². The fraction of sp³-hybridized carbons (Fsp3) is 0.444. The van der Waals surface area contributed by atoms with E-state index in [0.29, 0.717) is 19.5 Å². The number of hydrogen-bond acceptors (Lipinski definition) is 4. The predicted molar refractivity (Wildman–Crippen MR) is 55.1 cm³/mol. The maximum absolute atomic E-state index is 11.6. The normalized spacial score (nSPS) is 20.0. The van der Waals surface area contributed by atoms with E-state index in [0.717, 1.165) is 4.88 Å². The summed E-state index contributed by atoms with van der Waals surface area (Å²) in [4.78, 5) is 27.4. The number of aromatic nitrogens is 1. The molecule has 1 fully saturated rings. The van der Waals surface area contributed by atoms with Crippen LogP contribution in [0.4, 0.5) is 0 Å². The minimum absolute atomic E-state index is 0.0482. The first-order valence-corrected chi connectivity index (χ1v) is 5.55. The van der Waals surface area contributed by atoms with Crippen LogP contribution >= 0.6 is 11.3 Å². The lowest BCUT2D eigenvalue weighted by Gasteiger charge is -2.07. The zero-order valence-electron chi connectivity index (χ0n) is 8.03. The molecule has 2 N–H and O–H groups in total. The highest BCUT2D eigenvalue weighted by molar-refractivity contribution is 7.09. The second kappa shape index (κ2) is 4.39. The number of rotatable bonds is 3. The molecule has 0 bridgehead atoms. The van der Waals surface area contributed by atoms with E-state index in [-0.39, 0.29) is 17.7 Å². The molecule has 80 valence electrons. The molecule has 0 saturated carbocycles. The van der Waals surface area contributed by atoms with Crippen LogP contribution in [-0.2, 0) is 16.1 Å². The van der Waals surface area contributed by atoms with E-state index < -0.39 is 0 Å². The van der Waals surface area contributed by atoms with Crippen molar-refractivity contribution in [3.63, 3.8) is 0 Å². The molecule has 0 aromatic carbocycles. The van der Waals surface area contributed by atoms with Gasteiger partial charge in [-0.15, -0.1) is 11.3 Å². The van der Waals surface area contributed by atoms with Gasteiger partial charge in [-0.2, -0.15) is 0 Å². The van der Waals surface area contributed by atoms with E-state index in [1.54, 1.807) is 11.7 Å². The van der Waals surface area contributed by atoms with E-state index in [2.05, 4.69) is 15.6 Å². The van der Waals surface area contributed by atoms with Crippen molar-refractivity contribution in [2.24, 2.45) is 5.92 Å². The van der Waals surface area contributed by atoms with Crippen molar-refractivity contribution in [1.82, 2.24) is 15.6 Å². The van der Waals surface area contributed by atoms with Gasteiger partial charge in [-0.3, -0.25) is 14.6 Å². The van der Waals surface area contributed by atoms with E-state index in [1.807, 2.05) is 0 Å². The summed E-state index contributed by atoms with van der Waals surface area (Å²) in [5.41, 5.74) is 1.72. The van der Waals surface area contributed by atoms with Gasteiger partial charge in [-0.05, 0) is 0 Å². The monoisotopic (exact) mass is 225 g/mol. The van der Waals surface area contributed by atoms with Crippen LogP contribution in [0.25, 0.3) is 0 Å². The van der Waals surface area contributed by atoms with Crippen LogP contribution in [0.2, 0.25) is 0 Å². The highest BCUT2D eigenvalue weighted by atomic mass is 32.1. The number of hydrogen-bond donors (Lipinski definition) is 2. The standard InChI is InChI=1S/C9H11N3O2S/c13-8-1-6(2-11-8)9(14)12-4-7-3-10-5-15-7/h3,5-6H,1-2,4H2,(H,11,13)(H,12,14). The maximum atomic E-state index is 11.6. The highest BCUT2D eigenvalue weighted by Gasteiger charge is 2.27. The number of nitrogens with zero attached hydrogens (tertiary/aromatic N) is 1. The number of amides is 2. The smallest absolute Gasteiger partial charge is 0.225 e. The van der Waals surface area contributed by atoms with E-state index in [1.165, 1.54) is 11.3 Å². The van der Waals surface area contributed by atoms with Crippen LogP contribution in [0.1, 0.15) is 11.3 Å². The van der Waals surface area contributed by atoms with Crippen molar-refractivity contribution in [3.05, 3.63) is 16.6 Å². The molecule has 0 spiro atoms. The third-order valence-electron chi connectivity index (χ3n) is 2.27. The second-order valence-electron chi connectivity index (χ2n) is 3.39. The van der Waals surface area contributed by atoms with Crippen LogP contribution in [-0.4, -0.2) is 23.3 Å². The van der Waals surface area contributed by atoms with Crippen molar-refractivity contribution in [2.75, 3.05) is 6.54 Å². The molecule has 0 radical (unpaired) electrons. The lowest BCUT2D eigenvalue weighted by atomic mass is 10.1. The van der Waals surface area contributed by atoms with Gasteiger partial charge in [0.2, 0.25) is 11.8 Å². The molecule has 2 amide bonds. The number of nitrogens with one attached hydrogen (secondary N) is 2. The summed E-state index contributed by atoms with van der Waals surface area (Å²) in [6.07, 6.45) is 2.03. The quantitative estimate of drug-likeness (QED) is 0.754. The summed E-state index contributed by atoms with van der Waals surface area (Å²) in [5.74, 6) is -0.333. The third-order valence-corrected chi connectivity index (χ3v) is 3.05. The maximum Gasteiger partial charge on any atom is 0.225 e. The first kappa shape index (κ1) is 10.1. The Hall–Kier alpha value is -1.43. The molecule has 0 aliphatic carbocycles. The fourth-order valence-corrected chi connectivity index (χ4v) is 1.97.